The molecule has 0 spiro atoms. The SMILES string of the molecule is O=C1COc2c(cccc2C(=O)N(Cc2cccc(F)c2)CC2CCCO2)N1. The van der Waals surface area contributed by atoms with Gasteiger partial charge >= 0.3 is 0 Å². The Balaban J connectivity index is 1.63. The number of benzene rings is 2. The molecule has 2 aliphatic heterocycles. The second-order valence-electron chi connectivity index (χ2n) is 6.97. The minimum Gasteiger partial charge on any atom is -0.481 e. The molecule has 4 rings (SSSR count). The molecule has 0 aromatic heterocycles. The summed E-state index contributed by atoms with van der Waals surface area (Å²) in [5.74, 6) is -0.477. The average molecular weight is 384 g/mol. The number of nitrogens with zero attached hydrogens (tertiary/aromatic N) is 1. The van der Waals surface area contributed by atoms with E-state index in [0.717, 1.165) is 12.8 Å². The van der Waals surface area contributed by atoms with Crippen molar-refractivity contribution in [1.82, 2.24) is 4.90 Å². The average Bonchev–Trinajstić information content (AvgIpc) is 3.19. The number of hydrogen-bond donors (Lipinski definition) is 1. The van der Waals surface area contributed by atoms with Gasteiger partial charge in [-0.05, 0) is 42.7 Å². The molecule has 1 N–H and O–H groups in total. The molecule has 2 aromatic rings. The van der Waals surface area contributed by atoms with Gasteiger partial charge in [0.15, 0.2) is 12.4 Å². The smallest absolute Gasteiger partial charge is 0.262 e. The van der Waals surface area contributed by atoms with Crippen molar-refractivity contribution >= 4 is 17.5 Å². The van der Waals surface area contributed by atoms with Gasteiger partial charge < -0.3 is 19.7 Å². The van der Waals surface area contributed by atoms with E-state index in [2.05, 4.69) is 5.32 Å². The molecule has 146 valence electrons. The summed E-state index contributed by atoms with van der Waals surface area (Å²) in [4.78, 5) is 26.6. The Morgan fingerprint density at radius 2 is 2.11 bits per heavy atom. The van der Waals surface area contributed by atoms with E-state index in [-0.39, 0.29) is 36.9 Å². The highest BCUT2D eigenvalue weighted by molar-refractivity contribution is 6.03. The van der Waals surface area contributed by atoms with Crippen molar-refractivity contribution in [2.75, 3.05) is 25.1 Å². The van der Waals surface area contributed by atoms with E-state index < -0.39 is 0 Å². The van der Waals surface area contributed by atoms with Crippen LogP contribution in [0.15, 0.2) is 42.5 Å². The highest BCUT2D eigenvalue weighted by Gasteiger charge is 2.28. The first kappa shape index (κ1) is 18.4. The van der Waals surface area contributed by atoms with Crippen LogP contribution < -0.4 is 10.1 Å². The Morgan fingerprint density at radius 1 is 1.25 bits per heavy atom. The molecular formula is C21H21FN2O4. The predicted octanol–water partition coefficient (Wildman–Crippen LogP) is 2.98. The summed E-state index contributed by atoms with van der Waals surface area (Å²) in [5, 5.41) is 2.72. The van der Waals surface area contributed by atoms with E-state index in [1.807, 2.05) is 0 Å². The molecule has 0 saturated carbocycles. The normalized spacial score (nSPS) is 18.2. The van der Waals surface area contributed by atoms with Gasteiger partial charge in [-0.15, -0.1) is 0 Å². The number of amides is 2. The van der Waals surface area contributed by atoms with E-state index in [1.54, 1.807) is 35.2 Å². The van der Waals surface area contributed by atoms with Crippen LogP contribution in [-0.2, 0) is 16.1 Å². The van der Waals surface area contributed by atoms with Gasteiger partial charge in [0.2, 0.25) is 0 Å². The number of halogens is 1. The molecule has 0 aliphatic carbocycles. The third-order valence-corrected chi connectivity index (χ3v) is 4.86. The standard InChI is InChI=1S/C21H21FN2O4/c22-15-5-1-4-14(10-15)11-24(12-16-6-3-9-27-16)21(26)17-7-2-8-18-20(17)28-13-19(25)23-18/h1-2,4-5,7-8,10,16H,3,6,9,11-13H2,(H,23,25). The number of hydrogen-bond acceptors (Lipinski definition) is 4. The summed E-state index contributed by atoms with van der Waals surface area (Å²) < 4.78 is 24.8. The number of ether oxygens (including phenoxy) is 2. The first-order valence-electron chi connectivity index (χ1n) is 9.31. The Morgan fingerprint density at radius 3 is 2.89 bits per heavy atom. The molecule has 2 aromatic carbocycles. The van der Waals surface area contributed by atoms with Crippen molar-refractivity contribution in [3.05, 3.63) is 59.4 Å². The summed E-state index contributed by atoms with van der Waals surface area (Å²) in [6.45, 7) is 1.22. The highest BCUT2D eigenvalue weighted by atomic mass is 19.1. The summed E-state index contributed by atoms with van der Waals surface area (Å²) in [5.41, 5.74) is 1.54. The summed E-state index contributed by atoms with van der Waals surface area (Å²) in [7, 11) is 0. The van der Waals surface area contributed by atoms with Gasteiger partial charge in [0.25, 0.3) is 11.8 Å². The Kier molecular flexibility index (Phi) is 5.25. The topological polar surface area (TPSA) is 67.9 Å². The number of para-hydroxylation sites is 1. The molecule has 1 unspecified atom stereocenters. The van der Waals surface area contributed by atoms with Gasteiger partial charge in [-0.2, -0.15) is 0 Å². The number of carbonyl (C=O) groups is 2. The zero-order valence-electron chi connectivity index (χ0n) is 15.3. The van der Waals surface area contributed by atoms with Crippen molar-refractivity contribution in [3.8, 4) is 5.75 Å². The maximum absolute atomic E-state index is 13.6. The molecule has 1 atom stereocenters. The van der Waals surface area contributed by atoms with Gasteiger partial charge in [-0.1, -0.05) is 18.2 Å². The first-order valence-corrected chi connectivity index (χ1v) is 9.31. The lowest BCUT2D eigenvalue weighted by Gasteiger charge is -2.28. The molecule has 7 heteroatoms. The van der Waals surface area contributed by atoms with Gasteiger partial charge in [0.1, 0.15) is 5.82 Å². The molecule has 2 aliphatic rings. The van der Waals surface area contributed by atoms with Crippen LogP contribution in [0.3, 0.4) is 0 Å². The fourth-order valence-corrected chi connectivity index (χ4v) is 3.56. The second kappa shape index (κ2) is 7.98. The van der Waals surface area contributed by atoms with Crippen LogP contribution in [0.2, 0.25) is 0 Å². The second-order valence-corrected chi connectivity index (χ2v) is 6.97. The Labute approximate surface area is 162 Å². The molecular weight excluding hydrogens is 363 g/mol. The molecule has 1 saturated heterocycles. The largest absolute Gasteiger partial charge is 0.481 e. The van der Waals surface area contributed by atoms with E-state index in [4.69, 9.17) is 9.47 Å². The van der Waals surface area contributed by atoms with Crippen molar-refractivity contribution < 1.29 is 23.5 Å². The number of carbonyl (C=O) groups excluding carboxylic acids is 2. The van der Waals surface area contributed by atoms with Gasteiger partial charge in [-0.25, -0.2) is 4.39 Å². The van der Waals surface area contributed by atoms with Crippen LogP contribution >= 0.6 is 0 Å². The Hall–Kier alpha value is -2.93. The van der Waals surface area contributed by atoms with E-state index in [0.29, 0.717) is 35.7 Å². The van der Waals surface area contributed by atoms with Crippen molar-refractivity contribution in [3.63, 3.8) is 0 Å². The van der Waals surface area contributed by atoms with Crippen LogP contribution in [-0.4, -0.2) is 42.6 Å². The molecule has 2 amide bonds. The predicted molar refractivity (Wildman–Crippen MR) is 101 cm³/mol. The van der Waals surface area contributed by atoms with Crippen LogP contribution in [0.4, 0.5) is 10.1 Å². The Bertz CT molecular complexity index is 896. The van der Waals surface area contributed by atoms with Crippen LogP contribution in [0, 0.1) is 5.82 Å². The minimum absolute atomic E-state index is 0.0438. The number of rotatable bonds is 5. The minimum atomic E-state index is -0.342. The summed E-state index contributed by atoms with van der Waals surface area (Å²) in [6.07, 6.45) is 1.80. The molecule has 0 radical (unpaired) electrons. The molecule has 0 bridgehead atoms. The third-order valence-electron chi connectivity index (χ3n) is 4.86. The lowest BCUT2D eigenvalue weighted by atomic mass is 10.1. The van der Waals surface area contributed by atoms with E-state index in [9.17, 15) is 14.0 Å². The molecule has 2 heterocycles. The zero-order valence-corrected chi connectivity index (χ0v) is 15.3. The lowest BCUT2D eigenvalue weighted by Crippen LogP contribution is -2.37. The van der Waals surface area contributed by atoms with Gasteiger partial charge in [0, 0.05) is 19.7 Å². The van der Waals surface area contributed by atoms with Crippen molar-refractivity contribution in [2.24, 2.45) is 0 Å². The van der Waals surface area contributed by atoms with E-state index >= 15 is 0 Å². The van der Waals surface area contributed by atoms with Gasteiger partial charge in [-0.3, -0.25) is 9.59 Å². The quantitative estimate of drug-likeness (QED) is 0.861. The first-order chi connectivity index (χ1) is 13.6. The summed E-state index contributed by atoms with van der Waals surface area (Å²) >= 11 is 0. The van der Waals surface area contributed by atoms with Crippen LogP contribution in [0.1, 0.15) is 28.8 Å². The van der Waals surface area contributed by atoms with Crippen molar-refractivity contribution in [1.29, 1.82) is 0 Å². The fourth-order valence-electron chi connectivity index (χ4n) is 3.56. The number of fused-ring (bicyclic) bond motifs is 1. The highest BCUT2D eigenvalue weighted by Crippen LogP contribution is 2.33. The zero-order chi connectivity index (χ0) is 19.5. The number of nitrogens with one attached hydrogen (secondary N) is 1. The fraction of sp³-hybridized carbons (Fsp3) is 0.333. The lowest BCUT2D eigenvalue weighted by molar-refractivity contribution is -0.118. The van der Waals surface area contributed by atoms with E-state index in [1.165, 1.54) is 12.1 Å². The van der Waals surface area contributed by atoms with Crippen LogP contribution in [0.25, 0.3) is 0 Å². The molecule has 1 fully saturated rings. The van der Waals surface area contributed by atoms with Crippen molar-refractivity contribution in [2.45, 2.75) is 25.5 Å². The third kappa shape index (κ3) is 3.99. The summed E-state index contributed by atoms with van der Waals surface area (Å²) in [6, 6.07) is 11.3. The maximum atomic E-state index is 13.6. The molecule has 28 heavy (non-hydrogen) atoms. The van der Waals surface area contributed by atoms with Crippen LogP contribution in [0.5, 0.6) is 5.75 Å². The maximum Gasteiger partial charge on any atom is 0.262 e. The molecule has 6 nitrogen and oxygen atoms in total. The number of anilines is 1. The van der Waals surface area contributed by atoms with Gasteiger partial charge in [0.05, 0.1) is 17.4 Å². The monoisotopic (exact) mass is 384 g/mol.